The number of ether oxygens (including phenoxy) is 2. The SMILES string of the molecule is CCNCCOCCNCCOC(C)(C)C(F)CNC(=O)CC. The third-order valence-electron chi connectivity index (χ3n) is 3.40. The Morgan fingerprint density at radius 3 is 2.30 bits per heavy atom. The highest BCUT2D eigenvalue weighted by Crippen LogP contribution is 2.17. The quantitative estimate of drug-likeness (QED) is 0.387. The molecule has 0 aliphatic heterocycles. The summed E-state index contributed by atoms with van der Waals surface area (Å²) in [6.07, 6.45) is -0.887. The predicted octanol–water partition coefficient (Wildman–Crippen LogP) is 0.862. The van der Waals surface area contributed by atoms with E-state index in [2.05, 4.69) is 22.9 Å². The van der Waals surface area contributed by atoms with Crippen molar-refractivity contribution in [1.82, 2.24) is 16.0 Å². The molecule has 0 fully saturated rings. The van der Waals surface area contributed by atoms with Gasteiger partial charge in [0.25, 0.3) is 0 Å². The van der Waals surface area contributed by atoms with Crippen LogP contribution in [0.3, 0.4) is 0 Å². The summed E-state index contributed by atoms with van der Waals surface area (Å²) in [7, 11) is 0. The molecule has 0 aliphatic carbocycles. The summed E-state index contributed by atoms with van der Waals surface area (Å²) >= 11 is 0. The molecule has 0 saturated carbocycles. The molecule has 0 aromatic carbocycles. The molecular weight excluding hydrogens is 301 g/mol. The maximum Gasteiger partial charge on any atom is 0.219 e. The van der Waals surface area contributed by atoms with E-state index in [0.717, 1.165) is 19.6 Å². The second-order valence-electron chi connectivity index (χ2n) is 5.79. The normalized spacial score (nSPS) is 13.1. The van der Waals surface area contributed by atoms with Gasteiger partial charge in [-0.2, -0.15) is 0 Å². The minimum absolute atomic E-state index is 0.0211. The maximum atomic E-state index is 14.1. The van der Waals surface area contributed by atoms with Crippen molar-refractivity contribution in [2.24, 2.45) is 0 Å². The molecule has 1 atom stereocenters. The molecule has 6 nitrogen and oxygen atoms in total. The number of amides is 1. The third kappa shape index (κ3) is 12.3. The van der Waals surface area contributed by atoms with Crippen LogP contribution < -0.4 is 16.0 Å². The van der Waals surface area contributed by atoms with E-state index in [1.165, 1.54) is 0 Å². The summed E-state index contributed by atoms with van der Waals surface area (Å²) in [5, 5.41) is 8.91. The smallest absolute Gasteiger partial charge is 0.219 e. The fraction of sp³-hybridized carbons (Fsp3) is 0.938. The molecule has 23 heavy (non-hydrogen) atoms. The van der Waals surface area contributed by atoms with Gasteiger partial charge in [-0.25, -0.2) is 4.39 Å². The van der Waals surface area contributed by atoms with Gasteiger partial charge in [0, 0.05) is 26.1 Å². The van der Waals surface area contributed by atoms with E-state index in [1.807, 2.05) is 0 Å². The third-order valence-corrected chi connectivity index (χ3v) is 3.40. The molecule has 0 heterocycles. The Bertz CT molecular complexity index is 304. The zero-order valence-corrected chi connectivity index (χ0v) is 15.0. The van der Waals surface area contributed by atoms with Crippen molar-refractivity contribution < 1.29 is 18.7 Å². The lowest BCUT2D eigenvalue weighted by Crippen LogP contribution is -2.45. The van der Waals surface area contributed by atoms with Gasteiger partial charge in [0.15, 0.2) is 0 Å². The number of alkyl halides is 1. The molecule has 0 radical (unpaired) electrons. The van der Waals surface area contributed by atoms with Crippen molar-refractivity contribution in [2.75, 3.05) is 52.5 Å². The maximum absolute atomic E-state index is 14.1. The van der Waals surface area contributed by atoms with Gasteiger partial charge in [0.05, 0.1) is 32.0 Å². The molecular formula is C16H34FN3O3. The van der Waals surface area contributed by atoms with Crippen LogP contribution in [0, 0.1) is 0 Å². The summed E-state index contributed by atoms with van der Waals surface area (Å²) < 4.78 is 25.1. The van der Waals surface area contributed by atoms with Crippen LogP contribution in [-0.2, 0) is 14.3 Å². The lowest BCUT2D eigenvalue weighted by molar-refractivity contribution is -0.122. The Hall–Kier alpha value is -0.760. The first kappa shape index (κ1) is 22.2. The fourth-order valence-corrected chi connectivity index (χ4v) is 1.74. The highest BCUT2D eigenvalue weighted by molar-refractivity contribution is 5.75. The molecule has 0 saturated heterocycles. The zero-order valence-electron chi connectivity index (χ0n) is 15.0. The molecule has 1 unspecified atom stereocenters. The number of nitrogens with one attached hydrogen (secondary N) is 3. The largest absolute Gasteiger partial charge is 0.379 e. The van der Waals surface area contributed by atoms with E-state index in [9.17, 15) is 9.18 Å². The van der Waals surface area contributed by atoms with Gasteiger partial charge in [-0.3, -0.25) is 4.79 Å². The second kappa shape index (κ2) is 13.7. The Morgan fingerprint density at radius 1 is 1.09 bits per heavy atom. The van der Waals surface area contributed by atoms with Crippen LogP contribution in [0.4, 0.5) is 4.39 Å². The number of halogens is 1. The molecule has 0 spiro atoms. The van der Waals surface area contributed by atoms with Crippen molar-refractivity contribution in [2.45, 2.75) is 45.9 Å². The Balaban J connectivity index is 3.59. The predicted molar refractivity (Wildman–Crippen MR) is 90.5 cm³/mol. The fourth-order valence-electron chi connectivity index (χ4n) is 1.74. The molecule has 138 valence electrons. The average molecular weight is 335 g/mol. The number of rotatable bonds is 15. The van der Waals surface area contributed by atoms with E-state index < -0.39 is 11.8 Å². The van der Waals surface area contributed by atoms with Gasteiger partial charge in [0.1, 0.15) is 6.17 Å². The van der Waals surface area contributed by atoms with Gasteiger partial charge >= 0.3 is 0 Å². The lowest BCUT2D eigenvalue weighted by Gasteiger charge is -2.29. The van der Waals surface area contributed by atoms with Crippen LogP contribution in [0.5, 0.6) is 0 Å². The van der Waals surface area contributed by atoms with Crippen molar-refractivity contribution >= 4 is 5.91 Å². The van der Waals surface area contributed by atoms with Crippen LogP contribution in [-0.4, -0.2) is 70.2 Å². The van der Waals surface area contributed by atoms with Crippen molar-refractivity contribution in [3.8, 4) is 0 Å². The summed E-state index contributed by atoms with van der Waals surface area (Å²) in [6, 6.07) is 0. The Kier molecular flexibility index (Phi) is 13.2. The Morgan fingerprint density at radius 2 is 1.70 bits per heavy atom. The average Bonchev–Trinajstić information content (AvgIpc) is 2.53. The van der Waals surface area contributed by atoms with Crippen LogP contribution in [0.15, 0.2) is 0 Å². The minimum atomic E-state index is -1.24. The highest BCUT2D eigenvalue weighted by atomic mass is 19.1. The van der Waals surface area contributed by atoms with Gasteiger partial charge < -0.3 is 25.4 Å². The number of likely N-dealkylation sites (N-methyl/N-ethyl adjacent to an activating group) is 1. The van der Waals surface area contributed by atoms with Crippen LogP contribution in [0.25, 0.3) is 0 Å². The molecule has 7 heteroatoms. The van der Waals surface area contributed by atoms with E-state index in [4.69, 9.17) is 9.47 Å². The standard InChI is InChI=1S/C16H34FN3O3/c1-5-15(21)20-13-14(17)16(3,4)23-12-9-19-8-11-22-10-7-18-6-2/h14,18-19H,5-13H2,1-4H3,(H,20,21). The zero-order chi connectivity index (χ0) is 17.6. The van der Waals surface area contributed by atoms with E-state index >= 15 is 0 Å². The van der Waals surface area contributed by atoms with E-state index in [1.54, 1.807) is 20.8 Å². The number of carbonyl (C=O) groups excluding carboxylic acids is 1. The first-order valence-corrected chi connectivity index (χ1v) is 8.47. The monoisotopic (exact) mass is 335 g/mol. The molecule has 0 bridgehead atoms. The number of hydrogen-bond acceptors (Lipinski definition) is 5. The molecule has 0 rings (SSSR count). The van der Waals surface area contributed by atoms with E-state index in [0.29, 0.717) is 32.8 Å². The molecule has 0 aromatic heterocycles. The summed E-state index contributed by atoms with van der Waals surface area (Å²) in [4.78, 5) is 11.1. The van der Waals surface area contributed by atoms with Gasteiger partial charge in [-0.1, -0.05) is 13.8 Å². The summed E-state index contributed by atoms with van der Waals surface area (Å²) in [5.74, 6) is -0.153. The molecule has 3 N–H and O–H groups in total. The lowest BCUT2D eigenvalue weighted by atomic mass is 10.0. The van der Waals surface area contributed by atoms with Gasteiger partial charge in [0.2, 0.25) is 5.91 Å². The first-order chi connectivity index (χ1) is 10.9. The number of carbonyl (C=O) groups is 1. The van der Waals surface area contributed by atoms with Crippen molar-refractivity contribution in [1.29, 1.82) is 0 Å². The minimum Gasteiger partial charge on any atom is -0.379 e. The van der Waals surface area contributed by atoms with Crippen LogP contribution in [0.2, 0.25) is 0 Å². The van der Waals surface area contributed by atoms with Crippen molar-refractivity contribution in [3.05, 3.63) is 0 Å². The summed E-state index contributed by atoms with van der Waals surface area (Å²) in [5.41, 5.74) is -0.926. The number of hydrogen-bond donors (Lipinski definition) is 3. The first-order valence-electron chi connectivity index (χ1n) is 8.47. The van der Waals surface area contributed by atoms with Crippen LogP contribution >= 0.6 is 0 Å². The van der Waals surface area contributed by atoms with Gasteiger partial charge in [-0.15, -0.1) is 0 Å². The summed E-state index contributed by atoms with van der Waals surface area (Å²) in [6.45, 7) is 12.1. The molecule has 0 aliphatic rings. The van der Waals surface area contributed by atoms with E-state index in [-0.39, 0.29) is 12.5 Å². The van der Waals surface area contributed by atoms with Gasteiger partial charge in [-0.05, 0) is 20.4 Å². The topological polar surface area (TPSA) is 71.6 Å². The van der Waals surface area contributed by atoms with Crippen molar-refractivity contribution in [3.63, 3.8) is 0 Å². The highest BCUT2D eigenvalue weighted by Gasteiger charge is 2.30. The second-order valence-corrected chi connectivity index (χ2v) is 5.79. The molecule has 0 aromatic rings. The molecule has 1 amide bonds. The van der Waals surface area contributed by atoms with Crippen LogP contribution in [0.1, 0.15) is 34.1 Å². The Labute approximate surface area is 139 Å².